The molecule has 0 radical (unpaired) electrons. The van der Waals surface area contributed by atoms with E-state index in [1.165, 1.54) is 5.57 Å². The standard InChI is InChI=1S/C15H22O3/c1-9-8-13-11(3)15(17)18-14(13)7-6-12(9)5-4-10(2)16/h6,9-10,13-14,16H,3-5,7-8H2,1-2H3/t9?,10?,13-,14+/m0/s1. The molecule has 100 valence electrons. The highest BCUT2D eigenvalue weighted by Gasteiger charge is 2.40. The monoisotopic (exact) mass is 250 g/mol. The van der Waals surface area contributed by atoms with Gasteiger partial charge in [0.1, 0.15) is 6.10 Å². The molecule has 1 heterocycles. The maximum Gasteiger partial charge on any atom is 0.334 e. The SMILES string of the molecule is C=C1C(=O)O[C@@H]2CC=C(CCC(C)O)C(C)C[C@@H]12. The van der Waals surface area contributed by atoms with Crippen LogP contribution >= 0.6 is 0 Å². The maximum absolute atomic E-state index is 11.5. The zero-order chi connectivity index (χ0) is 13.3. The van der Waals surface area contributed by atoms with Crippen LogP contribution in [0.3, 0.4) is 0 Å². The molecule has 3 heteroatoms. The summed E-state index contributed by atoms with van der Waals surface area (Å²) in [6.45, 7) is 7.86. The summed E-state index contributed by atoms with van der Waals surface area (Å²) in [6.07, 6.45) is 5.37. The van der Waals surface area contributed by atoms with Crippen LogP contribution in [0, 0.1) is 11.8 Å². The van der Waals surface area contributed by atoms with Gasteiger partial charge >= 0.3 is 5.97 Å². The van der Waals surface area contributed by atoms with Gasteiger partial charge < -0.3 is 9.84 Å². The van der Waals surface area contributed by atoms with Crippen molar-refractivity contribution in [1.82, 2.24) is 0 Å². The van der Waals surface area contributed by atoms with Crippen molar-refractivity contribution >= 4 is 5.97 Å². The predicted octanol–water partition coefficient (Wildman–Crippen LogP) is 2.60. The van der Waals surface area contributed by atoms with Crippen molar-refractivity contribution < 1.29 is 14.6 Å². The molecule has 1 fully saturated rings. The van der Waals surface area contributed by atoms with E-state index < -0.39 is 0 Å². The van der Waals surface area contributed by atoms with Crippen molar-refractivity contribution in [2.45, 2.75) is 51.7 Å². The molecule has 18 heavy (non-hydrogen) atoms. The minimum atomic E-state index is -0.256. The summed E-state index contributed by atoms with van der Waals surface area (Å²) in [5.41, 5.74) is 2.02. The van der Waals surface area contributed by atoms with Crippen LogP contribution < -0.4 is 0 Å². The Bertz CT molecular complexity index is 381. The average molecular weight is 250 g/mol. The Morgan fingerprint density at radius 2 is 2.33 bits per heavy atom. The molecule has 1 aliphatic carbocycles. The van der Waals surface area contributed by atoms with Crippen molar-refractivity contribution in [1.29, 1.82) is 0 Å². The first-order chi connectivity index (χ1) is 8.49. The molecule has 0 bridgehead atoms. The Morgan fingerprint density at radius 1 is 1.61 bits per heavy atom. The van der Waals surface area contributed by atoms with E-state index in [9.17, 15) is 9.90 Å². The number of carbonyl (C=O) groups excluding carboxylic acids is 1. The normalized spacial score (nSPS) is 33.5. The van der Waals surface area contributed by atoms with Crippen LogP contribution in [0.2, 0.25) is 0 Å². The van der Waals surface area contributed by atoms with Gasteiger partial charge in [0.2, 0.25) is 0 Å². The first-order valence-electron chi connectivity index (χ1n) is 6.75. The lowest BCUT2D eigenvalue weighted by atomic mass is 9.85. The molecule has 0 aromatic carbocycles. The van der Waals surface area contributed by atoms with Gasteiger partial charge in [-0.15, -0.1) is 0 Å². The van der Waals surface area contributed by atoms with Gasteiger partial charge in [0.15, 0.2) is 0 Å². The minimum absolute atomic E-state index is 0.0171. The lowest BCUT2D eigenvalue weighted by molar-refractivity contribution is -0.139. The van der Waals surface area contributed by atoms with Crippen molar-refractivity contribution in [2.75, 3.05) is 0 Å². The second kappa shape index (κ2) is 5.27. The first-order valence-corrected chi connectivity index (χ1v) is 6.75. The van der Waals surface area contributed by atoms with Gasteiger partial charge in [0.25, 0.3) is 0 Å². The van der Waals surface area contributed by atoms with E-state index in [1.807, 2.05) is 6.92 Å². The van der Waals surface area contributed by atoms with E-state index in [4.69, 9.17) is 4.74 Å². The molecule has 2 aliphatic rings. The molecule has 0 saturated carbocycles. The smallest absolute Gasteiger partial charge is 0.334 e. The second-order valence-corrected chi connectivity index (χ2v) is 5.61. The third-order valence-electron chi connectivity index (χ3n) is 4.12. The Balaban J connectivity index is 2.05. The fraction of sp³-hybridized carbons (Fsp3) is 0.667. The number of carbonyl (C=O) groups is 1. The second-order valence-electron chi connectivity index (χ2n) is 5.61. The minimum Gasteiger partial charge on any atom is -0.458 e. The zero-order valence-corrected chi connectivity index (χ0v) is 11.2. The van der Waals surface area contributed by atoms with Gasteiger partial charge in [-0.1, -0.05) is 25.2 Å². The summed E-state index contributed by atoms with van der Waals surface area (Å²) in [4.78, 5) is 11.5. The Morgan fingerprint density at radius 3 is 3.00 bits per heavy atom. The fourth-order valence-electron chi connectivity index (χ4n) is 2.90. The molecule has 0 spiro atoms. The van der Waals surface area contributed by atoms with E-state index in [0.29, 0.717) is 11.5 Å². The Hall–Kier alpha value is -1.09. The molecular weight excluding hydrogens is 228 g/mol. The lowest BCUT2D eigenvalue weighted by Gasteiger charge is -2.18. The van der Waals surface area contributed by atoms with Gasteiger partial charge in [-0.05, 0) is 32.1 Å². The number of hydrogen-bond donors (Lipinski definition) is 1. The molecule has 1 aliphatic heterocycles. The molecule has 3 nitrogen and oxygen atoms in total. The van der Waals surface area contributed by atoms with Crippen LogP contribution in [0.25, 0.3) is 0 Å². The molecule has 0 amide bonds. The first kappa shape index (κ1) is 13.3. The summed E-state index contributed by atoms with van der Waals surface area (Å²) in [5.74, 6) is 0.385. The van der Waals surface area contributed by atoms with Crippen LogP contribution in [0.1, 0.15) is 39.5 Å². The van der Waals surface area contributed by atoms with Crippen LogP contribution in [-0.2, 0) is 9.53 Å². The van der Waals surface area contributed by atoms with Gasteiger partial charge in [0, 0.05) is 17.9 Å². The van der Waals surface area contributed by atoms with Crippen molar-refractivity contribution in [3.05, 3.63) is 23.8 Å². The van der Waals surface area contributed by atoms with Gasteiger partial charge in [-0.3, -0.25) is 0 Å². The highest BCUT2D eigenvalue weighted by atomic mass is 16.6. The van der Waals surface area contributed by atoms with E-state index >= 15 is 0 Å². The number of ether oxygens (including phenoxy) is 1. The summed E-state index contributed by atoms with van der Waals surface area (Å²) < 4.78 is 5.35. The number of rotatable bonds is 3. The molecule has 1 N–H and O–H groups in total. The fourth-order valence-corrected chi connectivity index (χ4v) is 2.90. The molecule has 2 rings (SSSR count). The van der Waals surface area contributed by atoms with Gasteiger partial charge in [-0.25, -0.2) is 4.79 Å². The third-order valence-corrected chi connectivity index (χ3v) is 4.12. The molecule has 0 aromatic rings. The molecular formula is C15H22O3. The van der Waals surface area contributed by atoms with Gasteiger partial charge in [0.05, 0.1) is 6.10 Å². The summed E-state index contributed by atoms with van der Waals surface area (Å²) >= 11 is 0. The molecule has 1 saturated heterocycles. The van der Waals surface area contributed by atoms with Crippen LogP contribution in [0.15, 0.2) is 23.8 Å². The summed E-state index contributed by atoms with van der Waals surface area (Å²) in [6, 6.07) is 0. The van der Waals surface area contributed by atoms with Crippen LogP contribution in [0.5, 0.6) is 0 Å². The molecule has 0 aromatic heterocycles. The average Bonchev–Trinajstić information content (AvgIpc) is 2.48. The number of aliphatic hydroxyl groups is 1. The number of esters is 1. The molecule has 2 unspecified atom stereocenters. The number of allylic oxidation sites excluding steroid dienone is 1. The number of fused-ring (bicyclic) bond motifs is 1. The van der Waals surface area contributed by atoms with Crippen molar-refractivity contribution in [2.24, 2.45) is 11.8 Å². The van der Waals surface area contributed by atoms with E-state index in [0.717, 1.165) is 25.7 Å². The van der Waals surface area contributed by atoms with E-state index in [1.54, 1.807) is 0 Å². The molecule has 4 atom stereocenters. The summed E-state index contributed by atoms with van der Waals surface area (Å²) in [5, 5.41) is 9.37. The quantitative estimate of drug-likeness (QED) is 0.476. The van der Waals surface area contributed by atoms with Gasteiger partial charge in [-0.2, -0.15) is 0 Å². The highest BCUT2D eigenvalue weighted by molar-refractivity contribution is 5.90. The van der Waals surface area contributed by atoms with E-state index in [-0.39, 0.29) is 24.1 Å². The Kier molecular flexibility index (Phi) is 3.91. The van der Waals surface area contributed by atoms with Crippen LogP contribution in [-0.4, -0.2) is 23.3 Å². The zero-order valence-electron chi connectivity index (χ0n) is 11.2. The van der Waals surface area contributed by atoms with E-state index in [2.05, 4.69) is 19.6 Å². The van der Waals surface area contributed by atoms with Crippen LogP contribution in [0.4, 0.5) is 0 Å². The Labute approximate surface area is 109 Å². The van der Waals surface area contributed by atoms with Crippen molar-refractivity contribution in [3.63, 3.8) is 0 Å². The van der Waals surface area contributed by atoms with Crippen molar-refractivity contribution in [3.8, 4) is 0 Å². The largest absolute Gasteiger partial charge is 0.458 e. The highest BCUT2D eigenvalue weighted by Crippen LogP contribution is 2.39. The number of aliphatic hydroxyl groups excluding tert-OH is 1. The number of hydrogen-bond acceptors (Lipinski definition) is 3. The lowest BCUT2D eigenvalue weighted by Crippen LogP contribution is -2.16. The third kappa shape index (κ3) is 2.66. The summed E-state index contributed by atoms with van der Waals surface area (Å²) in [7, 11) is 0. The maximum atomic E-state index is 11.5. The topological polar surface area (TPSA) is 46.5 Å². The predicted molar refractivity (Wildman–Crippen MR) is 69.9 cm³/mol.